The summed E-state index contributed by atoms with van der Waals surface area (Å²) < 4.78 is 38.8. The minimum absolute atomic E-state index is 0.179. The van der Waals surface area contributed by atoms with Crippen molar-refractivity contribution in [1.82, 2.24) is 4.98 Å². The first kappa shape index (κ1) is 17.8. The van der Waals surface area contributed by atoms with Gasteiger partial charge in [0.1, 0.15) is 12.4 Å². The lowest BCUT2D eigenvalue weighted by molar-refractivity contribution is -0.114. The zero-order valence-corrected chi connectivity index (χ0v) is 14.7. The van der Waals surface area contributed by atoms with E-state index in [1.807, 2.05) is 12.1 Å². The molecule has 3 rings (SSSR count). The first-order chi connectivity index (χ1) is 12.4. The minimum Gasteiger partial charge on any atom is -0.323 e. The maximum atomic E-state index is 14.0. The van der Waals surface area contributed by atoms with Gasteiger partial charge in [0.25, 0.3) is 0 Å². The highest BCUT2D eigenvalue weighted by molar-refractivity contribution is 7.92. The Morgan fingerprint density at radius 2 is 1.85 bits per heavy atom. The van der Waals surface area contributed by atoms with Crippen molar-refractivity contribution < 1.29 is 17.6 Å². The first-order valence-corrected chi connectivity index (χ1v) is 9.57. The quantitative estimate of drug-likeness (QED) is 0.746. The maximum absolute atomic E-state index is 14.0. The van der Waals surface area contributed by atoms with Crippen molar-refractivity contribution in [3.8, 4) is 0 Å². The van der Waals surface area contributed by atoms with Crippen LogP contribution in [-0.2, 0) is 14.8 Å². The topological polar surface area (TPSA) is 79.4 Å². The summed E-state index contributed by atoms with van der Waals surface area (Å²) in [6.07, 6.45) is 2.52. The van der Waals surface area contributed by atoms with Crippen LogP contribution in [0, 0.1) is 5.82 Å². The Hall–Kier alpha value is -3.00. The number of benzene rings is 2. The average Bonchev–Trinajstić information content (AvgIpc) is 2.60. The van der Waals surface area contributed by atoms with Gasteiger partial charge in [-0.15, -0.1) is 0 Å². The molecule has 2 aromatic carbocycles. The standard InChI is InChI=1S/C18H16FN3O3S/c1-26(24,25)22(16-10-3-2-8-14(16)19)12-17(23)21-15-9-4-6-13-7-5-11-20-18(13)15/h2-11H,12H2,1H3,(H,21,23). The van der Waals surface area contributed by atoms with Gasteiger partial charge in [0.15, 0.2) is 0 Å². The minimum atomic E-state index is -3.85. The van der Waals surface area contributed by atoms with Crippen LogP contribution in [0.1, 0.15) is 0 Å². The Labute approximate surface area is 150 Å². The summed E-state index contributed by atoms with van der Waals surface area (Å²) in [7, 11) is -3.85. The lowest BCUT2D eigenvalue weighted by Gasteiger charge is -2.22. The first-order valence-electron chi connectivity index (χ1n) is 7.72. The Morgan fingerprint density at radius 1 is 1.12 bits per heavy atom. The van der Waals surface area contributed by atoms with Gasteiger partial charge in [-0.25, -0.2) is 12.8 Å². The molecule has 0 bridgehead atoms. The van der Waals surface area contributed by atoms with E-state index in [1.165, 1.54) is 18.2 Å². The van der Waals surface area contributed by atoms with E-state index >= 15 is 0 Å². The van der Waals surface area contributed by atoms with Gasteiger partial charge in [0.2, 0.25) is 15.9 Å². The summed E-state index contributed by atoms with van der Waals surface area (Å²) in [5.74, 6) is -1.32. The third-order valence-corrected chi connectivity index (χ3v) is 4.84. The number of pyridine rings is 1. The zero-order chi connectivity index (χ0) is 18.7. The van der Waals surface area contributed by atoms with E-state index in [0.717, 1.165) is 22.0 Å². The normalized spacial score (nSPS) is 11.3. The van der Waals surface area contributed by atoms with Gasteiger partial charge in [-0.3, -0.25) is 14.1 Å². The number of aromatic nitrogens is 1. The fourth-order valence-corrected chi connectivity index (χ4v) is 3.42. The number of nitrogens with zero attached hydrogens (tertiary/aromatic N) is 2. The van der Waals surface area contributed by atoms with Crippen LogP contribution in [0.25, 0.3) is 10.9 Å². The van der Waals surface area contributed by atoms with Crippen LogP contribution >= 0.6 is 0 Å². The van der Waals surface area contributed by atoms with Crippen LogP contribution < -0.4 is 9.62 Å². The van der Waals surface area contributed by atoms with Crippen molar-refractivity contribution in [2.24, 2.45) is 0 Å². The molecule has 0 fully saturated rings. The Morgan fingerprint density at radius 3 is 2.58 bits per heavy atom. The number of rotatable bonds is 5. The number of fused-ring (bicyclic) bond motifs is 1. The van der Waals surface area contributed by atoms with Crippen LogP contribution in [0.5, 0.6) is 0 Å². The molecule has 1 aromatic heterocycles. The van der Waals surface area contributed by atoms with Gasteiger partial charge in [-0.1, -0.05) is 30.3 Å². The van der Waals surface area contributed by atoms with Crippen LogP contribution in [0.15, 0.2) is 60.8 Å². The number of carbonyl (C=O) groups excluding carboxylic acids is 1. The Bertz CT molecular complexity index is 1060. The SMILES string of the molecule is CS(=O)(=O)N(CC(=O)Nc1cccc2cccnc12)c1ccccc1F. The van der Waals surface area contributed by atoms with Crippen molar-refractivity contribution in [2.75, 3.05) is 22.4 Å². The molecule has 8 heteroatoms. The summed E-state index contributed by atoms with van der Waals surface area (Å²) in [5, 5.41) is 3.48. The number of amides is 1. The third kappa shape index (κ3) is 3.80. The van der Waals surface area contributed by atoms with Gasteiger partial charge in [-0.05, 0) is 24.3 Å². The maximum Gasteiger partial charge on any atom is 0.245 e. The molecular weight excluding hydrogens is 357 g/mol. The largest absolute Gasteiger partial charge is 0.323 e. The molecule has 0 aliphatic rings. The van der Waals surface area contributed by atoms with E-state index in [9.17, 15) is 17.6 Å². The molecule has 0 aliphatic carbocycles. The molecule has 0 saturated heterocycles. The van der Waals surface area contributed by atoms with Crippen molar-refractivity contribution in [3.63, 3.8) is 0 Å². The zero-order valence-electron chi connectivity index (χ0n) is 13.9. The van der Waals surface area contributed by atoms with Crippen molar-refractivity contribution in [1.29, 1.82) is 0 Å². The van der Waals surface area contributed by atoms with Gasteiger partial charge in [0.05, 0.1) is 23.1 Å². The summed E-state index contributed by atoms with van der Waals surface area (Å²) in [6, 6.07) is 14.3. The van der Waals surface area contributed by atoms with Crippen molar-refractivity contribution >= 4 is 38.2 Å². The van der Waals surface area contributed by atoms with Gasteiger partial charge in [-0.2, -0.15) is 0 Å². The van der Waals surface area contributed by atoms with E-state index in [-0.39, 0.29) is 5.69 Å². The van der Waals surface area contributed by atoms with E-state index < -0.39 is 28.3 Å². The smallest absolute Gasteiger partial charge is 0.245 e. The molecule has 1 N–H and O–H groups in total. The van der Waals surface area contributed by atoms with E-state index in [2.05, 4.69) is 10.3 Å². The number of nitrogens with one attached hydrogen (secondary N) is 1. The van der Waals surface area contributed by atoms with Crippen molar-refractivity contribution in [3.05, 3.63) is 66.6 Å². The van der Waals surface area contributed by atoms with Gasteiger partial charge in [0, 0.05) is 11.6 Å². The Balaban J connectivity index is 1.88. The summed E-state index contributed by atoms with van der Waals surface area (Å²) in [4.78, 5) is 16.7. The molecule has 0 aliphatic heterocycles. The number of halogens is 1. The molecule has 0 saturated carbocycles. The van der Waals surface area contributed by atoms with Crippen LogP contribution in [-0.4, -0.2) is 32.1 Å². The second-order valence-electron chi connectivity index (χ2n) is 5.65. The fourth-order valence-electron chi connectivity index (χ4n) is 2.56. The molecule has 0 spiro atoms. The van der Waals surface area contributed by atoms with Gasteiger partial charge < -0.3 is 5.32 Å². The van der Waals surface area contributed by atoms with Crippen LogP contribution in [0.2, 0.25) is 0 Å². The molecule has 6 nitrogen and oxygen atoms in total. The molecule has 1 heterocycles. The molecule has 3 aromatic rings. The third-order valence-electron chi connectivity index (χ3n) is 3.72. The van der Waals surface area contributed by atoms with Crippen molar-refractivity contribution in [2.45, 2.75) is 0 Å². The predicted octanol–water partition coefficient (Wildman–Crippen LogP) is 2.78. The van der Waals surface area contributed by atoms with E-state index in [4.69, 9.17) is 0 Å². The van der Waals surface area contributed by atoms with E-state index in [1.54, 1.807) is 24.4 Å². The molecule has 26 heavy (non-hydrogen) atoms. The molecule has 0 atom stereocenters. The number of anilines is 2. The lowest BCUT2D eigenvalue weighted by atomic mass is 10.2. The summed E-state index contributed by atoms with van der Waals surface area (Å²) in [5.41, 5.74) is 0.858. The highest BCUT2D eigenvalue weighted by Gasteiger charge is 2.23. The second kappa shape index (κ2) is 7.09. The second-order valence-corrected chi connectivity index (χ2v) is 7.56. The lowest BCUT2D eigenvalue weighted by Crippen LogP contribution is -2.38. The molecular formula is C18H16FN3O3S. The number of hydrogen-bond donors (Lipinski definition) is 1. The van der Waals surface area contributed by atoms with Gasteiger partial charge >= 0.3 is 0 Å². The van der Waals surface area contributed by atoms with E-state index in [0.29, 0.717) is 11.2 Å². The summed E-state index contributed by atoms with van der Waals surface area (Å²) >= 11 is 0. The number of sulfonamides is 1. The highest BCUT2D eigenvalue weighted by Crippen LogP contribution is 2.23. The molecule has 0 radical (unpaired) electrons. The molecule has 134 valence electrons. The molecule has 0 unspecified atom stereocenters. The predicted molar refractivity (Wildman–Crippen MR) is 99.0 cm³/mol. The number of para-hydroxylation sites is 2. The fraction of sp³-hybridized carbons (Fsp3) is 0.111. The summed E-state index contributed by atoms with van der Waals surface area (Å²) in [6.45, 7) is -0.553. The average molecular weight is 373 g/mol. The Kier molecular flexibility index (Phi) is 4.85. The monoisotopic (exact) mass is 373 g/mol. The van der Waals surface area contributed by atoms with Crippen LogP contribution in [0.3, 0.4) is 0 Å². The number of hydrogen-bond acceptors (Lipinski definition) is 4. The molecule has 1 amide bonds. The number of carbonyl (C=O) groups is 1. The highest BCUT2D eigenvalue weighted by atomic mass is 32.2. The van der Waals surface area contributed by atoms with Crippen LogP contribution in [0.4, 0.5) is 15.8 Å².